The molecule has 0 radical (unpaired) electrons. The Hall–Kier alpha value is -1.38. The molecule has 0 N–H and O–H groups in total. The van der Waals surface area contributed by atoms with Crippen molar-refractivity contribution in [2.45, 2.75) is 20.8 Å². The number of Topliss-reactive ketones (excluding diaryl/α,β-unsaturated/α-hetero) is 1. The highest BCUT2D eigenvalue weighted by molar-refractivity contribution is 5.95. The second kappa shape index (κ2) is 4.22. The third-order valence-corrected chi connectivity index (χ3v) is 1.96. The average Bonchev–Trinajstić information content (AvgIpc) is 2.09. The number of benzene rings is 1. The number of ether oxygens (including phenoxy) is 1. The lowest BCUT2D eigenvalue weighted by molar-refractivity contribution is 0.101. The Kier molecular flexibility index (Phi) is 3.23. The molecule has 0 aromatic heterocycles. The SMILES string of the molecule is CCOc1cc(C(C)=O)c(C)cc1F. The Morgan fingerprint density at radius 2 is 2.14 bits per heavy atom. The first-order valence-electron chi connectivity index (χ1n) is 4.50. The normalized spacial score (nSPS) is 10.0. The monoisotopic (exact) mass is 196 g/mol. The van der Waals surface area contributed by atoms with Crippen molar-refractivity contribution in [3.05, 3.63) is 29.1 Å². The maximum absolute atomic E-state index is 13.2. The molecule has 0 aliphatic heterocycles. The molecule has 0 aliphatic rings. The second-order valence-corrected chi connectivity index (χ2v) is 3.09. The molecule has 0 fully saturated rings. The number of hydrogen-bond acceptors (Lipinski definition) is 2. The molecule has 0 spiro atoms. The minimum Gasteiger partial charge on any atom is -0.491 e. The van der Waals surface area contributed by atoms with E-state index in [1.807, 2.05) is 0 Å². The molecule has 1 aromatic rings. The van der Waals surface area contributed by atoms with Crippen LogP contribution < -0.4 is 4.74 Å². The predicted octanol–water partition coefficient (Wildman–Crippen LogP) is 2.74. The van der Waals surface area contributed by atoms with Gasteiger partial charge in [0.25, 0.3) is 0 Å². The lowest BCUT2D eigenvalue weighted by Gasteiger charge is -2.08. The van der Waals surface area contributed by atoms with E-state index in [4.69, 9.17) is 4.74 Å². The van der Waals surface area contributed by atoms with Crippen molar-refractivity contribution in [3.63, 3.8) is 0 Å². The molecule has 3 heteroatoms. The molecule has 76 valence electrons. The van der Waals surface area contributed by atoms with Gasteiger partial charge in [0.1, 0.15) is 0 Å². The van der Waals surface area contributed by atoms with Crippen LogP contribution in [0.5, 0.6) is 5.75 Å². The van der Waals surface area contributed by atoms with E-state index >= 15 is 0 Å². The Labute approximate surface area is 82.7 Å². The minimum absolute atomic E-state index is 0.0801. The molecular weight excluding hydrogens is 183 g/mol. The van der Waals surface area contributed by atoms with E-state index in [9.17, 15) is 9.18 Å². The van der Waals surface area contributed by atoms with Gasteiger partial charge in [-0.3, -0.25) is 4.79 Å². The first-order valence-corrected chi connectivity index (χ1v) is 4.50. The number of rotatable bonds is 3. The Morgan fingerprint density at radius 1 is 1.50 bits per heavy atom. The van der Waals surface area contributed by atoms with Gasteiger partial charge in [0.15, 0.2) is 17.3 Å². The summed E-state index contributed by atoms with van der Waals surface area (Å²) in [7, 11) is 0. The number of carbonyl (C=O) groups is 1. The summed E-state index contributed by atoms with van der Waals surface area (Å²) in [5.74, 6) is -0.360. The van der Waals surface area contributed by atoms with E-state index in [1.54, 1.807) is 13.8 Å². The molecule has 0 unspecified atom stereocenters. The summed E-state index contributed by atoms with van der Waals surface area (Å²) in [5, 5.41) is 0. The number of hydrogen-bond donors (Lipinski definition) is 0. The van der Waals surface area contributed by atoms with Gasteiger partial charge in [-0.1, -0.05) is 0 Å². The first-order chi connectivity index (χ1) is 6.56. The summed E-state index contributed by atoms with van der Waals surface area (Å²) in [6.45, 7) is 5.32. The average molecular weight is 196 g/mol. The van der Waals surface area contributed by atoms with Gasteiger partial charge in [0, 0.05) is 5.56 Å². The maximum Gasteiger partial charge on any atom is 0.165 e. The topological polar surface area (TPSA) is 26.3 Å². The van der Waals surface area contributed by atoms with E-state index in [-0.39, 0.29) is 11.5 Å². The largest absolute Gasteiger partial charge is 0.491 e. The molecule has 0 bridgehead atoms. The van der Waals surface area contributed by atoms with Crippen molar-refractivity contribution in [2.75, 3.05) is 6.61 Å². The lowest BCUT2D eigenvalue weighted by Crippen LogP contribution is -2.01. The zero-order valence-corrected chi connectivity index (χ0v) is 8.56. The van der Waals surface area contributed by atoms with Crippen LogP contribution in [0.1, 0.15) is 29.8 Å². The lowest BCUT2D eigenvalue weighted by atomic mass is 10.1. The van der Waals surface area contributed by atoms with E-state index < -0.39 is 5.82 Å². The van der Waals surface area contributed by atoms with Gasteiger partial charge < -0.3 is 4.74 Å². The smallest absolute Gasteiger partial charge is 0.165 e. The predicted molar refractivity (Wildman–Crippen MR) is 52.3 cm³/mol. The summed E-state index contributed by atoms with van der Waals surface area (Å²) in [6.07, 6.45) is 0. The first kappa shape index (κ1) is 10.7. The van der Waals surface area contributed by atoms with Crippen LogP contribution in [0, 0.1) is 12.7 Å². The van der Waals surface area contributed by atoms with Crippen molar-refractivity contribution in [2.24, 2.45) is 0 Å². The fraction of sp³-hybridized carbons (Fsp3) is 0.364. The van der Waals surface area contributed by atoms with Gasteiger partial charge >= 0.3 is 0 Å². The summed E-state index contributed by atoms with van der Waals surface area (Å²) in [5.41, 5.74) is 1.15. The molecule has 0 saturated carbocycles. The zero-order chi connectivity index (χ0) is 10.7. The molecular formula is C11H13FO2. The molecule has 1 aromatic carbocycles. The highest BCUT2D eigenvalue weighted by Gasteiger charge is 2.10. The standard InChI is InChI=1S/C11H13FO2/c1-4-14-11-6-9(8(3)13)7(2)5-10(11)12/h5-6H,4H2,1-3H3. The van der Waals surface area contributed by atoms with Crippen LogP contribution in [-0.4, -0.2) is 12.4 Å². The number of aryl methyl sites for hydroxylation is 1. The van der Waals surface area contributed by atoms with Gasteiger partial charge in [0.2, 0.25) is 0 Å². The van der Waals surface area contributed by atoms with Gasteiger partial charge in [-0.2, -0.15) is 0 Å². The van der Waals surface area contributed by atoms with Gasteiger partial charge in [-0.15, -0.1) is 0 Å². The Balaban J connectivity index is 3.20. The zero-order valence-electron chi connectivity index (χ0n) is 8.56. The van der Waals surface area contributed by atoms with Crippen LogP contribution >= 0.6 is 0 Å². The molecule has 0 heterocycles. The maximum atomic E-state index is 13.2. The van der Waals surface area contributed by atoms with Gasteiger partial charge in [0.05, 0.1) is 6.61 Å². The van der Waals surface area contributed by atoms with E-state index in [0.717, 1.165) is 0 Å². The van der Waals surface area contributed by atoms with Crippen LogP contribution in [0.2, 0.25) is 0 Å². The molecule has 0 aliphatic carbocycles. The highest BCUT2D eigenvalue weighted by atomic mass is 19.1. The third kappa shape index (κ3) is 2.10. The Bertz CT molecular complexity index is 359. The molecule has 0 amide bonds. The Morgan fingerprint density at radius 3 is 2.64 bits per heavy atom. The van der Waals surface area contributed by atoms with E-state index in [2.05, 4.69) is 0 Å². The van der Waals surface area contributed by atoms with E-state index in [0.29, 0.717) is 17.7 Å². The van der Waals surface area contributed by atoms with Crippen molar-refractivity contribution in [3.8, 4) is 5.75 Å². The second-order valence-electron chi connectivity index (χ2n) is 3.09. The van der Waals surface area contributed by atoms with Crippen molar-refractivity contribution >= 4 is 5.78 Å². The van der Waals surface area contributed by atoms with E-state index in [1.165, 1.54) is 19.1 Å². The number of carbonyl (C=O) groups excluding carboxylic acids is 1. The van der Waals surface area contributed by atoms with Crippen LogP contribution in [-0.2, 0) is 0 Å². The minimum atomic E-state index is -0.422. The van der Waals surface area contributed by atoms with Crippen LogP contribution in [0.25, 0.3) is 0 Å². The van der Waals surface area contributed by atoms with Crippen LogP contribution in [0.4, 0.5) is 4.39 Å². The molecule has 2 nitrogen and oxygen atoms in total. The van der Waals surface area contributed by atoms with Gasteiger partial charge in [-0.05, 0) is 38.5 Å². The van der Waals surface area contributed by atoms with Crippen molar-refractivity contribution < 1.29 is 13.9 Å². The van der Waals surface area contributed by atoms with Crippen molar-refractivity contribution in [1.82, 2.24) is 0 Å². The fourth-order valence-corrected chi connectivity index (χ4v) is 1.30. The molecule has 0 saturated heterocycles. The fourth-order valence-electron chi connectivity index (χ4n) is 1.30. The number of ketones is 1. The van der Waals surface area contributed by atoms with Gasteiger partial charge in [-0.25, -0.2) is 4.39 Å². The third-order valence-electron chi connectivity index (χ3n) is 1.96. The summed E-state index contributed by atoms with van der Waals surface area (Å²) in [4.78, 5) is 11.2. The van der Waals surface area contributed by atoms with Crippen LogP contribution in [0.15, 0.2) is 12.1 Å². The highest BCUT2D eigenvalue weighted by Crippen LogP contribution is 2.22. The summed E-state index contributed by atoms with van der Waals surface area (Å²) in [6, 6.07) is 2.78. The number of halogens is 1. The molecule has 0 atom stereocenters. The molecule has 1 rings (SSSR count). The van der Waals surface area contributed by atoms with Crippen LogP contribution in [0.3, 0.4) is 0 Å². The molecule has 14 heavy (non-hydrogen) atoms. The summed E-state index contributed by atoms with van der Waals surface area (Å²) < 4.78 is 18.3. The quantitative estimate of drug-likeness (QED) is 0.695. The summed E-state index contributed by atoms with van der Waals surface area (Å²) >= 11 is 0. The van der Waals surface area contributed by atoms with Crippen molar-refractivity contribution in [1.29, 1.82) is 0 Å².